The highest BCUT2D eigenvalue weighted by Crippen LogP contribution is 2.36. The molecule has 0 spiro atoms. The number of halogens is 1. The predicted molar refractivity (Wildman–Crippen MR) is 279 cm³/mol. The molecule has 2 aliphatic rings. The van der Waals surface area contributed by atoms with Crippen molar-refractivity contribution in [2.24, 2.45) is 0 Å². The minimum absolute atomic E-state index is 0.0433. The van der Waals surface area contributed by atoms with E-state index in [9.17, 15) is 19.2 Å². The molecule has 4 heterocycles. The fourth-order valence-electron chi connectivity index (χ4n) is 7.66. The van der Waals surface area contributed by atoms with Gasteiger partial charge in [-0.25, -0.2) is 15.0 Å². The molecule has 0 aliphatic carbocycles. The minimum atomic E-state index is -0.277. The number of rotatable bonds is 12. The summed E-state index contributed by atoms with van der Waals surface area (Å²) in [5.74, 6) is 2.87. The molecule has 6 aromatic rings. The van der Waals surface area contributed by atoms with E-state index in [0.29, 0.717) is 55.0 Å². The molecule has 0 unspecified atom stereocenters. The van der Waals surface area contributed by atoms with Crippen LogP contribution in [0.15, 0.2) is 111 Å². The number of benzene rings is 4. The predicted octanol–water partition coefficient (Wildman–Crippen LogP) is 8.80. The number of nitrogen functional groups attached to an aromatic ring is 1. The molecule has 19 heteroatoms. The molecule has 2 aromatic heterocycles. The quantitative estimate of drug-likeness (QED) is 0.0383. The van der Waals surface area contributed by atoms with E-state index in [1.54, 1.807) is 58.7 Å². The zero-order chi connectivity index (χ0) is 51.2. The second-order valence-electron chi connectivity index (χ2n) is 16.3. The molecular weight excluding hydrogens is 924 g/mol. The number of nitrogens with two attached hydrogens (primary N) is 1. The molecule has 0 saturated carbocycles. The van der Waals surface area contributed by atoms with E-state index in [4.69, 9.17) is 26.8 Å². The van der Waals surface area contributed by atoms with Crippen LogP contribution in [0.2, 0.25) is 5.28 Å². The molecule has 2 aliphatic heterocycles. The number of carbonyl (C=O) groups is 4. The van der Waals surface area contributed by atoms with Crippen LogP contribution in [0.4, 0.5) is 51.7 Å². The first-order chi connectivity index (χ1) is 34.1. The summed E-state index contributed by atoms with van der Waals surface area (Å²) in [6.45, 7) is 16.3. The van der Waals surface area contributed by atoms with Crippen LogP contribution in [0.1, 0.15) is 47.2 Å². The number of methoxy groups -OCH3 is 2. The highest BCUT2D eigenvalue weighted by molar-refractivity contribution is 6.28. The van der Waals surface area contributed by atoms with Gasteiger partial charge in [-0.1, -0.05) is 25.3 Å². The van der Waals surface area contributed by atoms with Crippen LogP contribution in [0.5, 0.6) is 11.5 Å². The van der Waals surface area contributed by atoms with Crippen molar-refractivity contribution in [1.82, 2.24) is 29.7 Å². The van der Waals surface area contributed by atoms with E-state index in [1.165, 1.54) is 12.2 Å². The van der Waals surface area contributed by atoms with Gasteiger partial charge in [-0.2, -0.15) is 4.98 Å². The number of carbonyl (C=O) groups excluding carboxylic acids is 4. The van der Waals surface area contributed by atoms with Crippen molar-refractivity contribution in [3.05, 3.63) is 149 Å². The summed E-state index contributed by atoms with van der Waals surface area (Å²) in [6, 6.07) is 22.2. The average Bonchev–Trinajstić information content (AvgIpc) is 3.36. The van der Waals surface area contributed by atoms with Gasteiger partial charge in [0, 0.05) is 109 Å². The molecule has 368 valence electrons. The van der Waals surface area contributed by atoms with Crippen LogP contribution in [0.3, 0.4) is 0 Å². The van der Waals surface area contributed by atoms with Gasteiger partial charge in [-0.15, -0.1) is 0 Å². The first kappa shape index (κ1) is 51.9. The van der Waals surface area contributed by atoms with Crippen molar-refractivity contribution in [1.29, 1.82) is 0 Å². The van der Waals surface area contributed by atoms with Crippen LogP contribution in [-0.4, -0.2) is 80.7 Å². The molecule has 4 aromatic carbocycles. The van der Waals surface area contributed by atoms with Crippen molar-refractivity contribution in [3.63, 3.8) is 0 Å². The third-order valence-electron chi connectivity index (χ3n) is 11.4. The van der Waals surface area contributed by atoms with Crippen molar-refractivity contribution >= 4 is 86.9 Å². The van der Waals surface area contributed by atoms with Crippen LogP contribution >= 0.6 is 11.6 Å². The number of anilines is 9. The summed E-state index contributed by atoms with van der Waals surface area (Å²) in [5, 5.41) is 15.4. The lowest BCUT2D eigenvalue weighted by atomic mass is 9.96. The van der Waals surface area contributed by atoms with E-state index < -0.39 is 0 Å². The lowest BCUT2D eigenvalue weighted by molar-refractivity contribution is -0.130. The fourth-order valence-corrected chi connectivity index (χ4v) is 7.80. The first-order valence-corrected chi connectivity index (χ1v) is 22.8. The number of aryl methyl sites for hydroxylation is 2. The Bertz CT molecular complexity index is 2970. The van der Waals surface area contributed by atoms with Gasteiger partial charge in [0.1, 0.15) is 23.1 Å². The molecular formula is C52H57ClN12O6. The van der Waals surface area contributed by atoms with Gasteiger partial charge in [-0.3, -0.25) is 19.2 Å². The Hall–Kier alpha value is -8.51. The fraction of sp³-hybridized carbons (Fsp3) is 0.231. The highest BCUT2D eigenvalue weighted by Gasteiger charge is 2.25. The Morgan fingerprint density at radius 1 is 0.648 bits per heavy atom. The van der Waals surface area contributed by atoms with E-state index >= 15 is 0 Å². The van der Waals surface area contributed by atoms with Gasteiger partial charge in [0.15, 0.2) is 0 Å². The van der Waals surface area contributed by atoms with E-state index in [-0.39, 0.29) is 28.9 Å². The van der Waals surface area contributed by atoms with Crippen molar-refractivity contribution in [2.75, 3.05) is 59.6 Å². The monoisotopic (exact) mass is 980 g/mol. The SMILES string of the molecule is C=CC(=O)Nc1cccc(Nc2nc(Cl)ncc2C)c1.C=CC(=O)Nc1cccc(Nc2nc(Nc3ccc(OC)c4c3CCN(C(C)=O)C4)ncc2C)c1.COc1ccc(N)c2c1CN(C(C)=O)CC2. The zero-order valence-corrected chi connectivity index (χ0v) is 41.2. The number of nitrogens with one attached hydrogen (secondary N) is 5. The van der Waals surface area contributed by atoms with E-state index in [2.05, 4.69) is 59.7 Å². The Balaban J connectivity index is 0.000000193. The summed E-state index contributed by atoms with van der Waals surface area (Å²) in [7, 11) is 3.27. The number of amides is 4. The summed E-state index contributed by atoms with van der Waals surface area (Å²) in [4.78, 5) is 66.9. The Morgan fingerprint density at radius 2 is 1.13 bits per heavy atom. The van der Waals surface area contributed by atoms with Crippen LogP contribution in [0, 0.1) is 13.8 Å². The topological polar surface area (TPSA) is 231 Å². The van der Waals surface area contributed by atoms with Gasteiger partial charge < -0.3 is 51.6 Å². The first-order valence-electron chi connectivity index (χ1n) is 22.4. The lowest BCUT2D eigenvalue weighted by Gasteiger charge is -2.30. The smallest absolute Gasteiger partial charge is 0.247 e. The third kappa shape index (κ3) is 13.8. The van der Waals surface area contributed by atoms with Crippen molar-refractivity contribution in [3.8, 4) is 11.5 Å². The number of aromatic nitrogens is 4. The number of hydrogen-bond acceptors (Lipinski definition) is 14. The maximum Gasteiger partial charge on any atom is 0.247 e. The summed E-state index contributed by atoms with van der Waals surface area (Å²) >= 11 is 5.77. The molecule has 0 atom stereocenters. The molecule has 18 nitrogen and oxygen atoms in total. The minimum Gasteiger partial charge on any atom is -0.496 e. The Morgan fingerprint density at radius 3 is 1.65 bits per heavy atom. The molecule has 0 saturated heterocycles. The molecule has 7 N–H and O–H groups in total. The summed E-state index contributed by atoms with van der Waals surface area (Å²) in [6.07, 6.45) is 7.33. The number of ether oxygens (including phenoxy) is 2. The van der Waals surface area contributed by atoms with Gasteiger partial charge in [0.2, 0.25) is 34.9 Å². The molecule has 71 heavy (non-hydrogen) atoms. The number of fused-ring (bicyclic) bond motifs is 2. The largest absolute Gasteiger partial charge is 0.496 e. The molecule has 0 bridgehead atoms. The van der Waals surface area contributed by atoms with Crippen molar-refractivity contribution < 1.29 is 28.7 Å². The third-order valence-corrected chi connectivity index (χ3v) is 11.6. The second kappa shape index (κ2) is 24.2. The van der Waals surface area contributed by atoms with Crippen LogP contribution in [-0.2, 0) is 45.1 Å². The standard InChI is InChI=1S/C26H28N6O3.C14H13ClN4O.C12H16N2O2/c1-5-24(34)28-18-7-6-8-19(13-18)29-25-16(2)14-27-26(31-25)30-22-9-10-23(35-4)21-15-32(17(3)33)12-11-20(21)22;1-3-12(20)17-10-5-4-6-11(7-10)18-13-9(2)8-16-14(15)19-13;1-8(15)14-6-5-9-10(7-14)12(16-2)4-3-11(9)13/h5-10,13-14H,1,11-12,15H2,2-4H3,(H,28,34)(H2,27,29,30,31);3-8H,1H2,2H3,(H,17,20)(H,16,18,19);3-4H,5-7,13H2,1-2H3. The average molecular weight is 982 g/mol. The summed E-state index contributed by atoms with van der Waals surface area (Å²) in [5.41, 5.74) is 16.4. The van der Waals surface area contributed by atoms with Crippen LogP contribution < -0.4 is 41.8 Å². The highest BCUT2D eigenvalue weighted by atomic mass is 35.5. The van der Waals surface area contributed by atoms with Crippen molar-refractivity contribution in [2.45, 2.75) is 53.6 Å². The maximum absolute atomic E-state index is 11.9. The van der Waals surface area contributed by atoms with Gasteiger partial charge >= 0.3 is 0 Å². The van der Waals surface area contributed by atoms with E-state index in [0.717, 1.165) is 80.6 Å². The van der Waals surface area contributed by atoms with Gasteiger partial charge in [-0.05, 0) is 122 Å². The summed E-state index contributed by atoms with van der Waals surface area (Å²) < 4.78 is 10.9. The second-order valence-corrected chi connectivity index (χ2v) is 16.6. The van der Waals surface area contributed by atoms with Gasteiger partial charge in [0.25, 0.3) is 0 Å². The van der Waals surface area contributed by atoms with E-state index in [1.807, 2.05) is 78.2 Å². The molecule has 4 amide bonds. The molecule has 8 rings (SSSR count). The lowest BCUT2D eigenvalue weighted by Crippen LogP contribution is -2.34. The Labute approximate surface area is 417 Å². The van der Waals surface area contributed by atoms with Crippen LogP contribution in [0.25, 0.3) is 0 Å². The maximum atomic E-state index is 11.9. The number of hydrogen-bond donors (Lipinski definition) is 6. The number of nitrogens with zero attached hydrogens (tertiary/aromatic N) is 6. The molecule has 0 fully saturated rings. The Kier molecular flexibility index (Phi) is 17.7. The van der Waals surface area contributed by atoms with Gasteiger partial charge in [0.05, 0.1) is 14.2 Å². The zero-order valence-electron chi connectivity index (χ0n) is 40.5. The normalized spacial score (nSPS) is 12.2. The molecule has 0 radical (unpaired) electrons.